The lowest BCUT2D eigenvalue weighted by molar-refractivity contribution is -0.384. The first-order valence-electron chi connectivity index (χ1n) is 10.8. The highest BCUT2D eigenvalue weighted by Crippen LogP contribution is 2.41. The molecule has 1 aromatic carbocycles. The molecule has 1 aliphatic heterocycles. The predicted octanol–water partition coefficient (Wildman–Crippen LogP) is 2.85. The first-order chi connectivity index (χ1) is 16.5. The Morgan fingerprint density at radius 1 is 1.35 bits per heavy atom. The summed E-state index contributed by atoms with van der Waals surface area (Å²) in [5.74, 6) is 1.38. The Bertz CT molecular complexity index is 1250. The number of rotatable bonds is 9. The van der Waals surface area contributed by atoms with Crippen molar-refractivity contribution in [1.82, 2.24) is 19.7 Å². The first-order valence-corrected chi connectivity index (χ1v) is 10.8. The smallest absolute Gasteiger partial charge is 0.294 e. The quantitative estimate of drug-likeness (QED) is 0.285. The molecule has 1 N–H and O–H groups in total. The van der Waals surface area contributed by atoms with Crippen molar-refractivity contribution >= 4 is 29.3 Å². The molecule has 1 saturated heterocycles. The Hall–Kier alpha value is -4.06. The molecule has 0 amide bonds. The minimum Gasteiger partial charge on any atom is -0.494 e. The van der Waals surface area contributed by atoms with Gasteiger partial charge in [-0.3, -0.25) is 14.9 Å². The summed E-state index contributed by atoms with van der Waals surface area (Å²) in [6.07, 6.45) is 6.03. The number of aldehydes is 1. The molecule has 0 bridgehead atoms. The van der Waals surface area contributed by atoms with Gasteiger partial charge >= 0.3 is 0 Å². The van der Waals surface area contributed by atoms with Crippen LogP contribution in [0.3, 0.4) is 0 Å². The van der Waals surface area contributed by atoms with E-state index in [4.69, 9.17) is 9.47 Å². The number of hydrogen-bond acceptors (Lipinski definition) is 10. The third kappa shape index (κ3) is 4.03. The van der Waals surface area contributed by atoms with Crippen LogP contribution in [0.1, 0.15) is 34.8 Å². The second-order valence-corrected chi connectivity index (χ2v) is 8.27. The Morgan fingerprint density at radius 2 is 2.15 bits per heavy atom. The fraction of sp³-hybridized carbons (Fsp3) is 0.364. The number of hydrogen-bond donors (Lipinski definition) is 1. The van der Waals surface area contributed by atoms with Crippen LogP contribution >= 0.6 is 0 Å². The van der Waals surface area contributed by atoms with Gasteiger partial charge in [-0.05, 0) is 12.8 Å². The van der Waals surface area contributed by atoms with Crippen molar-refractivity contribution in [2.75, 3.05) is 37.6 Å². The van der Waals surface area contributed by atoms with E-state index in [1.54, 1.807) is 36.3 Å². The van der Waals surface area contributed by atoms with E-state index < -0.39 is 4.92 Å². The van der Waals surface area contributed by atoms with Gasteiger partial charge < -0.3 is 19.7 Å². The average Bonchev–Trinajstić information content (AvgIpc) is 3.55. The standard InChI is InChI=1S/C22H23N7O5/c1-27(15-11-34-12-15)17-8-19(33-2)16(7-18(17)29(31)32)24-22-23-6-5-20(25-22)28-9-14(10-30)21(26-28)13-3-4-13/h5-10,13,15H,3-4,11-12H2,1-2H3,(H,23,24,25). The van der Waals surface area contributed by atoms with Crippen molar-refractivity contribution in [2.45, 2.75) is 24.8 Å². The van der Waals surface area contributed by atoms with E-state index in [2.05, 4.69) is 20.4 Å². The molecule has 34 heavy (non-hydrogen) atoms. The number of benzene rings is 1. The van der Waals surface area contributed by atoms with Gasteiger partial charge in [0.2, 0.25) is 5.95 Å². The second kappa shape index (κ2) is 8.71. The monoisotopic (exact) mass is 465 g/mol. The molecule has 2 aromatic heterocycles. The fourth-order valence-electron chi connectivity index (χ4n) is 3.84. The van der Waals surface area contributed by atoms with Crippen LogP contribution in [0, 0.1) is 10.1 Å². The van der Waals surface area contributed by atoms with E-state index >= 15 is 0 Å². The van der Waals surface area contributed by atoms with E-state index in [-0.39, 0.29) is 17.7 Å². The minimum atomic E-state index is -0.433. The van der Waals surface area contributed by atoms with Gasteiger partial charge in [-0.15, -0.1) is 0 Å². The van der Waals surface area contributed by atoms with Crippen LogP contribution in [-0.4, -0.2) is 64.4 Å². The van der Waals surface area contributed by atoms with Gasteiger partial charge in [0, 0.05) is 43.6 Å². The number of aromatic nitrogens is 4. The molecule has 3 aromatic rings. The highest BCUT2D eigenvalue weighted by Gasteiger charge is 2.31. The molecule has 1 saturated carbocycles. The predicted molar refractivity (Wildman–Crippen MR) is 122 cm³/mol. The second-order valence-electron chi connectivity index (χ2n) is 8.27. The number of nitrogens with one attached hydrogen (secondary N) is 1. The molecule has 2 aliphatic rings. The fourth-order valence-corrected chi connectivity index (χ4v) is 3.84. The Balaban J connectivity index is 1.47. The van der Waals surface area contributed by atoms with Crippen molar-refractivity contribution in [3.8, 4) is 11.6 Å². The molecular formula is C22H23N7O5. The van der Waals surface area contributed by atoms with Gasteiger partial charge in [0.05, 0.1) is 48.2 Å². The SMILES string of the molecule is COc1cc(N(C)C2COC2)c([N+](=O)[O-])cc1Nc1nccc(-n2cc(C=O)c(C3CC3)n2)n1. The zero-order valence-corrected chi connectivity index (χ0v) is 18.7. The zero-order chi connectivity index (χ0) is 23.8. The number of likely N-dealkylation sites (N-methyl/N-ethyl adjacent to an activating group) is 1. The maximum atomic E-state index is 11.8. The number of nitro groups is 1. The average molecular weight is 465 g/mol. The van der Waals surface area contributed by atoms with Gasteiger partial charge in [-0.25, -0.2) is 9.67 Å². The molecule has 0 radical (unpaired) electrons. The van der Waals surface area contributed by atoms with Crippen molar-refractivity contribution in [2.24, 2.45) is 0 Å². The molecular weight excluding hydrogens is 442 g/mol. The van der Waals surface area contributed by atoms with Crippen LogP contribution in [0.2, 0.25) is 0 Å². The highest BCUT2D eigenvalue weighted by atomic mass is 16.6. The van der Waals surface area contributed by atoms with Crippen LogP contribution in [0.25, 0.3) is 5.82 Å². The highest BCUT2D eigenvalue weighted by molar-refractivity contribution is 5.78. The van der Waals surface area contributed by atoms with Crippen LogP contribution in [0.5, 0.6) is 5.75 Å². The van der Waals surface area contributed by atoms with Gasteiger partial charge in [-0.2, -0.15) is 10.1 Å². The summed E-state index contributed by atoms with van der Waals surface area (Å²) in [4.78, 5) is 33.4. The summed E-state index contributed by atoms with van der Waals surface area (Å²) in [7, 11) is 3.28. The number of nitro benzene ring substituents is 1. The summed E-state index contributed by atoms with van der Waals surface area (Å²) in [5.41, 5.74) is 2.02. The van der Waals surface area contributed by atoms with E-state index in [1.807, 2.05) is 4.90 Å². The van der Waals surface area contributed by atoms with Crippen LogP contribution in [0.15, 0.2) is 30.6 Å². The maximum Gasteiger partial charge on any atom is 0.294 e. The molecule has 3 heterocycles. The summed E-state index contributed by atoms with van der Waals surface area (Å²) < 4.78 is 12.3. The molecule has 176 valence electrons. The van der Waals surface area contributed by atoms with Crippen molar-refractivity contribution in [1.29, 1.82) is 0 Å². The topological polar surface area (TPSA) is 138 Å². The molecule has 0 atom stereocenters. The summed E-state index contributed by atoms with van der Waals surface area (Å²) >= 11 is 0. The molecule has 12 heteroatoms. The number of ether oxygens (including phenoxy) is 2. The molecule has 5 rings (SSSR count). The third-order valence-electron chi connectivity index (χ3n) is 6.03. The Labute approximate surface area is 194 Å². The van der Waals surface area contributed by atoms with Gasteiger partial charge in [0.25, 0.3) is 5.69 Å². The van der Waals surface area contributed by atoms with Crippen molar-refractivity contribution in [3.63, 3.8) is 0 Å². The van der Waals surface area contributed by atoms with E-state index in [0.29, 0.717) is 47.6 Å². The lowest BCUT2D eigenvalue weighted by atomic mass is 10.1. The zero-order valence-electron chi connectivity index (χ0n) is 18.7. The molecule has 0 spiro atoms. The minimum absolute atomic E-state index is 0.0630. The number of carbonyl (C=O) groups excluding carboxylic acids is 1. The summed E-state index contributed by atoms with van der Waals surface area (Å²) in [6, 6.07) is 4.76. The van der Waals surface area contributed by atoms with Crippen LogP contribution < -0.4 is 15.0 Å². The van der Waals surface area contributed by atoms with Crippen LogP contribution in [-0.2, 0) is 4.74 Å². The largest absolute Gasteiger partial charge is 0.494 e. The lowest BCUT2D eigenvalue weighted by Crippen LogP contribution is -2.47. The number of carbonyl (C=O) groups is 1. The number of nitrogens with zero attached hydrogens (tertiary/aromatic N) is 6. The molecule has 12 nitrogen and oxygen atoms in total. The van der Waals surface area contributed by atoms with Gasteiger partial charge in [-0.1, -0.05) is 0 Å². The first kappa shape index (κ1) is 21.8. The molecule has 0 unspecified atom stereocenters. The van der Waals surface area contributed by atoms with Gasteiger partial charge in [0.1, 0.15) is 11.4 Å². The van der Waals surface area contributed by atoms with Crippen molar-refractivity contribution in [3.05, 3.63) is 52.0 Å². The third-order valence-corrected chi connectivity index (χ3v) is 6.03. The van der Waals surface area contributed by atoms with E-state index in [9.17, 15) is 14.9 Å². The summed E-state index contributed by atoms with van der Waals surface area (Å²) in [5, 5.41) is 19.4. The van der Waals surface area contributed by atoms with E-state index in [1.165, 1.54) is 13.2 Å². The lowest BCUT2D eigenvalue weighted by Gasteiger charge is -2.36. The molecule has 1 aliphatic carbocycles. The Morgan fingerprint density at radius 3 is 2.76 bits per heavy atom. The van der Waals surface area contributed by atoms with E-state index in [0.717, 1.165) is 24.8 Å². The van der Waals surface area contributed by atoms with Crippen LogP contribution in [0.4, 0.5) is 23.0 Å². The van der Waals surface area contributed by atoms with Gasteiger partial charge in [0.15, 0.2) is 12.1 Å². The summed E-state index contributed by atoms with van der Waals surface area (Å²) in [6.45, 7) is 1.02. The maximum absolute atomic E-state index is 11.8. The number of anilines is 3. The normalized spacial score (nSPS) is 15.5. The van der Waals surface area contributed by atoms with Crippen molar-refractivity contribution < 1.29 is 19.2 Å². The Kier molecular flexibility index (Phi) is 5.57. The molecule has 2 fully saturated rings. The number of methoxy groups -OCH3 is 1.